The fourth-order valence-electron chi connectivity index (χ4n) is 4.28. The van der Waals surface area contributed by atoms with E-state index in [2.05, 4.69) is 44.6 Å². The number of aromatic nitrogens is 1. The highest BCUT2D eigenvalue weighted by molar-refractivity contribution is 5.92. The van der Waals surface area contributed by atoms with Crippen molar-refractivity contribution >= 4 is 29.0 Å². The molecule has 0 saturated heterocycles. The summed E-state index contributed by atoms with van der Waals surface area (Å²) in [5, 5.41) is 5.24. The lowest BCUT2D eigenvalue weighted by Crippen LogP contribution is -2.45. The largest absolute Gasteiger partial charge is 0.496 e. The van der Waals surface area contributed by atoms with E-state index in [0.29, 0.717) is 36.4 Å². The summed E-state index contributed by atoms with van der Waals surface area (Å²) in [6, 6.07) is 5.09. The van der Waals surface area contributed by atoms with Crippen LogP contribution < -0.4 is 15.8 Å². The molecule has 3 N–H and O–H groups in total. The van der Waals surface area contributed by atoms with Crippen LogP contribution >= 0.6 is 0 Å². The SMILES string of the molecule is C=CC(CC(C)C(C)C)NC(C)CCN(C=O)C(Cc1cc2ccnc(N)c2cc1OC)C(=O)OC. The van der Waals surface area contributed by atoms with E-state index in [-0.39, 0.29) is 18.5 Å². The third kappa shape index (κ3) is 7.68. The Morgan fingerprint density at radius 3 is 2.56 bits per heavy atom. The summed E-state index contributed by atoms with van der Waals surface area (Å²) < 4.78 is 10.6. The topological polar surface area (TPSA) is 107 Å². The molecule has 36 heavy (non-hydrogen) atoms. The number of hydrogen-bond donors (Lipinski definition) is 2. The zero-order chi connectivity index (χ0) is 26.8. The number of fused-ring (bicyclic) bond motifs is 1. The van der Waals surface area contributed by atoms with Crippen LogP contribution in [0.3, 0.4) is 0 Å². The van der Waals surface area contributed by atoms with Gasteiger partial charge in [-0.2, -0.15) is 0 Å². The minimum atomic E-state index is -0.790. The molecule has 4 unspecified atom stereocenters. The standard InChI is InChI=1S/C28H42N4O4/c1-8-23(13-19(4)18(2)3)31-20(5)10-12-32(17-33)25(28(34)36-7)15-22-14-21-9-11-30-27(29)24(21)16-26(22)35-6/h8-9,11,14,16-20,23,25,31H,1,10,12-13,15H2,2-7H3,(H2,29,30). The van der Waals surface area contributed by atoms with E-state index in [1.165, 1.54) is 12.0 Å². The summed E-state index contributed by atoms with van der Waals surface area (Å²) in [5.74, 6) is 1.65. The number of hydrogen-bond acceptors (Lipinski definition) is 7. The molecule has 2 rings (SSSR count). The Hall–Kier alpha value is -3.13. The number of benzene rings is 1. The second-order valence-corrected chi connectivity index (χ2v) is 9.82. The first-order valence-electron chi connectivity index (χ1n) is 12.5. The van der Waals surface area contributed by atoms with Crippen LogP contribution in [0.25, 0.3) is 10.8 Å². The lowest BCUT2D eigenvalue weighted by Gasteiger charge is -2.29. The monoisotopic (exact) mass is 498 g/mol. The molecule has 1 amide bonds. The van der Waals surface area contributed by atoms with Gasteiger partial charge in [-0.15, -0.1) is 6.58 Å². The third-order valence-corrected chi connectivity index (χ3v) is 6.99. The second-order valence-electron chi connectivity index (χ2n) is 9.82. The molecule has 0 aliphatic carbocycles. The van der Waals surface area contributed by atoms with Gasteiger partial charge < -0.3 is 25.4 Å². The molecule has 198 valence electrons. The number of pyridine rings is 1. The van der Waals surface area contributed by atoms with Crippen LogP contribution in [0.1, 0.15) is 46.1 Å². The fraction of sp³-hybridized carbons (Fsp3) is 0.536. The van der Waals surface area contributed by atoms with Crippen molar-refractivity contribution in [3.8, 4) is 5.75 Å². The Morgan fingerprint density at radius 2 is 1.97 bits per heavy atom. The molecule has 2 aromatic rings. The molecule has 0 bridgehead atoms. The van der Waals surface area contributed by atoms with Gasteiger partial charge in [0.2, 0.25) is 6.41 Å². The minimum absolute atomic E-state index is 0.124. The molecule has 8 nitrogen and oxygen atoms in total. The maximum Gasteiger partial charge on any atom is 0.328 e. The number of nitrogens with two attached hydrogens (primary N) is 1. The molecule has 0 saturated carbocycles. The van der Waals surface area contributed by atoms with Crippen LogP contribution in [0, 0.1) is 11.8 Å². The maximum atomic E-state index is 12.8. The first kappa shape index (κ1) is 29.1. The van der Waals surface area contributed by atoms with Crippen LogP contribution in [-0.4, -0.2) is 61.2 Å². The average Bonchev–Trinajstić information content (AvgIpc) is 2.86. The third-order valence-electron chi connectivity index (χ3n) is 6.99. The molecular weight excluding hydrogens is 456 g/mol. The molecule has 0 spiro atoms. The van der Waals surface area contributed by atoms with Crippen molar-refractivity contribution < 1.29 is 19.1 Å². The van der Waals surface area contributed by atoms with Crippen molar-refractivity contribution in [2.45, 2.75) is 65.1 Å². The fourth-order valence-corrected chi connectivity index (χ4v) is 4.28. The summed E-state index contributed by atoms with van der Waals surface area (Å²) in [7, 11) is 2.89. The van der Waals surface area contributed by atoms with Gasteiger partial charge in [-0.1, -0.05) is 26.8 Å². The molecule has 1 heterocycles. The van der Waals surface area contributed by atoms with Gasteiger partial charge in [-0.05, 0) is 60.7 Å². The van der Waals surface area contributed by atoms with Crippen LogP contribution in [0.4, 0.5) is 5.82 Å². The molecule has 0 aliphatic heterocycles. The van der Waals surface area contributed by atoms with Crippen LogP contribution in [-0.2, 0) is 20.7 Å². The van der Waals surface area contributed by atoms with E-state index in [1.54, 1.807) is 13.3 Å². The van der Waals surface area contributed by atoms with E-state index in [1.807, 2.05) is 24.3 Å². The van der Waals surface area contributed by atoms with E-state index >= 15 is 0 Å². The smallest absolute Gasteiger partial charge is 0.328 e. The van der Waals surface area contributed by atoms with Crippen molar-refractivity contribution in [1.82, 2.24) is 15.2 Å². The Morgan fingerprint density at radius 1 is 1.25 bits per heavy atom. The number of methoxy groups -OCH3 is 2. The number of ether oxygens (including phenoxy) is 2. The van der Waals surface area contributed by atoms with Gasteiger partial charge in [0.05, 0.1) is 14.2 Å². The molecule has 4 atom stereocenters. The van der Waals surface area contributed by atoms with Crippen molar-refractivity contribution in [3.05, 3.63) is 42.6 Å². The van der Waals surface area contributed by atoms with Gasteiger partial charge in [-0.3, -0.25) is 4.79 Å². The highest BCUT2D eigenvalue weighted by Gasteiger charge is 2.28. The number of nitrogen functional groups attached to an aromatic ring is 1. The molecule has 8 heteroatoms. The summed E-state index contributed by atoms with van der Waals surface area (Å²) in [5.41, 5.74) is 6.79. The van der Waals surface area contributed by atoms with Gasteiger partial charge in [0.25, 0.3) is 0 Å². The number of amides is 1. The van der Waals surface area contributed by atoms with Gasteiger partial charge in [0.15, 0.2) is 0 Å². The predicted octanol–water partition coefficient (Wildman–Crippen LogP) is 3.97. The first-order valence-corrected chi connectivity index (χ1v) is 12.5. The predicted molar refractivity (Wildman–Crippen MR) is 145 cm³/mol. The molecular formula is C28H42N4O4. The summed E-state index contributed by atoms with van der Waals surface area (Å²) >= 11 is 0. The number of nitrogens with one attached hydrogen (secondary N) is 1. The molecule has 0 radical (unpaired) electrons. The summed E-state index contributed by atoms with van der Waals surface area (Å²) in [6.07, 6.45) is 6.21. The first-order chi connectivity index (χ1) is 17.1. The van der Waals surface area contributed by atoms with Crippen molar-refractivity contribution in [2.75, 3.05) is 26.5 Å². The highest BCUT2D eigenvalue weighted by Crippen LogP contribution is 2.30. The summed E-state index contributed by atoms with van der Waals surface area (Å²) in [6.45, 7) is 13.1. The number of anilines is 1. The van der Waals surface area contributed by atoms with Gasteiger partial charge in [0.1, 0.15) is 17.6 Å². The van der Waals surface area contributed by atoms with Crippen LogP contribution in [0.5, 0.6) is 5.75 Å². The maximum absolute atomic E-state index is 12.8. The molecule has 0 fully saturated rings. The van der Waals surface area contributed by atoms with E-state index < -0.39 is 12.0 Å². The zero-order valence-electron chi connectivity index (χ0n) is 22.5. The zero-order valence-corrected chi connectivity index (χ0v) is 22.5. The van der Waals surface area contributed by atoms with Crippen molar-refractivity contribution in [2.24, 2.45) is 11.8 Å². The number of carbonyl (C=O) groups excluding carboxylic acids is 2. The lowest BCUT2D eigenvalue weighted by molar-refractivity contribution is -0.149. The van der Waals surface area contributed by atoms with Crippen molar-refractivity contribution in [1.29, 1.82) is 0 Å². The van der Waals surface area contributed by atoms with E-state index in [0.717, 1.165) is 29.2 Å². The minimum Gasteiger partial charge on any atom is -0.496 e. The van der Waals surface area contributed by atoms with Crippen LogP contribution in [0.15, 0.2) is 37.1 Å². The lowest BCUT2D eigenvalue weighted by atomic mass is 9.91. The van der Waals surface area contributed by atoms with E-state index in [4.69, 9.17) is 15.2 Å². The molecule has 0 aliphatic rings. The number of carbonyl (C=O) groups is 2. The van der Waals surface area contributed by atoms with E-state index in [9.17, 15) is 9.59 Å². The van der Waals surface area contributed by atoms with Gasteiger partial charge in [0, 0.05) is 36.6 Å². The number of esters is 1. The quantitative estimate of drug-likeness (QED) is 0.217. The summed E-state index contributed by atoms with van der Waals surface area (Å²) in [4.78, 5) is 30.5. The Balaban J connectivity index is 2.18. The van der Waals surface area contributed by atoms with Gasteiger partial charge in [-0.25, -0.2) is 9.78 Å². The second kappa shape index (κ2) is 13.8. The Labute approximate surface area is 215 Å². The Kier molecular flexibility index (Phi) is 11.2. The Bertz CT molecular complexity index is 1030. The average molecular weight is 499 g/mol. The number of nitrogens with zero attached hydrogens (tertiary/aromatic N) is 2. The number of rotatable bonds is 15. The highest BCUT2D eigenvalue weighted by atomic mass is 16.5. The van der Waals surface area contributed by atoms with Gasteiger partial charge >= 0.3 is 5.97 Å². The molecule has 1 aromatic heterocycles. The van der Waals surface area contributed by atoms with Crippen molar-refractivity contribution in [3.63, 3.8) is 0 Å². The normalized spacial score (nSPS) is 14.6. The van der Waals surface area contributed by atoms with Crippen LogP contribution in [0.2, 0.25) is 0 Å². The molecule has 1 aromatic carbocycles.